The van der Waals surface area contributed by atoms with E-state index in [2.05, 4.69) is 0 Å². The zero-order valence-electron chi connectivity index (χ0n) is 9.62. The molecule has 2 unspecified atom stereocenters. The van der Waals surface area contributed by atoms with E-state index in [1.807, 2.05) is 0 Å². The monoisotopic (exact) mass is 337 g/mol. The van der Waals surface area contributed by atoms with Gasteiger partial charge in [-0.1, -0.05) is 29.8 Å². The van der Waals surface area contributed by atoms with Gasteiger partial charge in [0, 0.05) is 57.0 Å². The number of aliphatic hydroxyl groups excluding tert-OH is 4. The summed E-state index contributed by atoms with van der Waals surface area (Å²) in [6.45, 7) is -0.164. The molecular formula is C11H17ClO4Y. The molecule has 1 aromatic rings. The van der Waals surface area contributed by atoms with Gasteiger partial charge < -0.3 is 20.4 Å². The second-order valence-electron chi connectivity index (χ2n) is 3.05. The molecule has 2 atom stereocenters. The van der Waals surface area contributed by atoms with Crippen LogP contribution < -0.4 is 0 Å². The van der Waals surface area contributed by atoms with E-state index in [9.17, 15) is 10.2 Å². The van der Waals surface area contributed by atoms with Gasteiger partial charge in [0.2, 0.25) is 0 Å². The Balaban J connectivity index is 0. The summed E-state index contributed by atoms with van der Waals surface area (Å²) in [6, 6.07) is 6.77. The van der Waals surface area contributed by atoms with Gasteiger partial charge in [0.1, 0.15) is 6.10 Å². The number of aliphatic hydroxyl groups is 4. The van der Waals surface area contributed by atoms with Crippen LogP contribution in [0.1, 0.15) is 18.1 Å². The van der Waals surface area contributed by atoms with Gasteiger partial charge >= 0.3 is 0 Å². The van der Waals surface area contributed by atoms with Gasteiger partial charge in [0.15, 0.2) is 0 Å². The zero-order chi connectivity index (χ0) is 12.6. The van der Waals surface area contributed by atoms with Crippen LogP contribution in [0.5, 0.6) is 0 Å². The SMILES string of the molecule is CO.OCCC(O)C(O)c1ccccc1Cl.[Y]. The van der Waals surface area contributed by atoms with Gasteiger partial charge in [-0.05, 0) is 12.5 Å². The van der Waals surface area contributed by atoms with Crippen LogP contribution in [0.2, 0.25) is 5.02 Å². The quantitative estimate of drug-likeness (QED) is 0.653. The number of halogens is 1. The van der Waals surface area contributed by atoms with Crippen LogP contribution in [0.4, 0.5) is 0 Å². The molecular weight excluding hydrogens is 320 g/mol. The molecule has 0 spiro atoms. The standard InChI is InChI=1S/C10H13ClO3.CH4O.Y/c11-8-4-2-1-3-7(8)10(14)9(13)5-6-12;1-2;/h1-4,9-10,12-14H,5-6H2;2H,1H3;. The van der Waals surface area contributed by atoms with Crippen molar-refractivity contribution < 1.29 is 53.1 Å². The molecule has 4 N–H and O–H groups in total. The summed E-state index contributed by atoms with van der Waals surface area (Å²) < 4.78 is 0. The van der Waals surface area contributed by atoms with Crippen LogP contribution in [-0.2, 0) is 32.7 Å². The Morgan fingerprint density at radius 2 is 1.71 bits per heavy atom. The molecule has 0 saturated carbocycles. The third kappa shape index (κ3) is 6.82. The summed E-state index contributed by atoms with van der Waals surface area (Å²) in [5.74, 6) is 0. The molecule has 0 aromatic heterocycles. The first-order chi connectivity index (χ1) is 7.66. The summed E-state index contributed by atoms with van der Waals surface area (Å²) in [4.78, 5) is 0. The predicted octanol–water partition coefficient (Wildman–Crippen LogP) is 0.723. The van der Waals surface area contributed by atoms with Crippen molar-refractivity contribution >= 4 is 11.6 Å². The molecule has 0 fully saturated rings. The van der Waals surface area contributed by atoms with E-state index in [4.69, 9.17) is 21.8 Å². The maximum atomic E-state index is 9.66. The zero-order valence-corrected chi connectivity index (χ0v) is 13.2. The summed E-state index contributed by atoms with van der Waals surface area (Å²) in [6.07, 6.45) is -1.90. The van der Waals surface area contributed by atoms with Gasteiger partial charge in [0.05, 0.1) is 6.10 Å². The smallest absolute Gasteiger partial charge is 0.106 e. The van der Waals surface area contributed by atoms with Crippen LogP contribution in [-0.4, -0.2) is 40.2 Å². The average molecular weight is 338 g/mol. The molecule has 0 amide bonds. The van der Waals surface area contributed by atoms with Gasteiger partial charge in [-0.3, -0.25) is 0 Å². The Labute approximate surface area is 131 Å². The van der Waals surface area contributed by atoms with E-state index < -0.39 is 12.2 Å². The first kappa shape index (κ1) is 19.8. The van der Waals surface area contributed by atoms with Gasteiger partial charge in [-0.2, -0.15) is 0 Å². The Bertz CT molecular complexity index is 299. The molecule has 0 aliphatic heterocycles. The molecule has 6 heteroatoms. The minimum absolute atomic E-state index is 0. The van der Waals surface area contributed by atoms with Gasteiger partial charge in [-0.15, -0.1) is 0 Å². The molecule has 0 heterocycles. The summed E-state index contributed by atoms with van der Waals surface area (Å²) in [7, 11) is 1.00. The summed E-state index contributed by atoms with van der Waals surface area (Å²) in [5, 5.41) is 35.1. The van der Waals surface area contributed by atoms with Gasteiger partial charge in [0.25, 0.3) is 0 Å². The minimum atomic E-state index is -1.05. The van der Waals surface area contributed by atoms with E-state index in [1.54, 1.807) is 24.3 Å². The molecule has 0 saturated heterocycles. The van der Waals surface area contributed by atoms with Crippen molar-refractivity contribution in [3.63, 3.8) is 0 Å². The van der Waals surface area contributed by atoms with Crippen LogP contribution in [0, 0.1) is 0 Å². The molecule has 1 radical (unpaired) electrons. The molecule has 1 aromatic carbocycles. The average Bonchev–Trinajstić information content (AvgIpc) is 2.32. The first-order valence-corrected chi connectivity index (χ1v) is 5.20. The molecule has 0 bridgehead atoms. The molecule has 0 aliphatic rings. The summed E-state index contributed by atoms with van der Waals surface area (Å²) >= 11 is 5.83. The Morgan fingerprint density at radius 3 is 2.18 bits per heavy atom. The fraction of sp³-hybridized carbons (Fsp3) is 0.455. The molecule has 0 aliphatic carbocycles. The largest absolute Gasteiger partial charge is 0.400 e. The molecule has 4 nitrogen and oxygen atoms in total. The van der Waals surface area contributed by atoms with Crippen molar-refractivity contribution in [2.45, 2.75) is 18.6 Å². The van der Waals surface area contributed by atoms with Crippen molar-refractivity contribution in [3.05, 3.63) is 34.9 Å². The number of benzene rings is 1. The van der Waals surface area contributed by atoms with E-state index in [0.29, 0.717) is 10.6 Å². The van der Waals surface area contributed by atoms with Crippen molar-refractivity contribution in [1.82, 2.24) is 0 Å². The van der Waals surface area contributed by atoms with Crippen LogP contribution in [0.15, 0.2) is 24.3 Å². The normalized spacial score (nSPS) is 12.8. The molecule has 1 rings (SSSR count). The van der Waals surface area contributed by atoms with E-state index >= 15 is 0 Å². The van der Waals surface area contributed by atoms with Crippen molar-refractivity contribution in [3.8, 4) is 0 Å². The fourth-order valence-corrected chi connectivity index (χ4v) is 1.46. The van der Waals surface area contributed by atoms with Crippen LogP contribution >= 0.6 is 11.6 Å². The molecule has 17 heavy (non-hydrogen) atoms. The van der Waals surface area contributed by atoms with Crippen molar-refractivity contribution in [1.29, 1.82) is 0 Å². The van der Waals surface area contributed by atoms with Crippen LogP contribution in [0.25, 0.3) is 0 Å². The second kappa shape index (κ2) is 11.5. The number of hydrogen-bond acceptors (Lipinski definition) is 4. The summed E-state index contributed by atoms with van der Waals surface area (Å²) in [5.41, 5.74) is 0.482. The molecule has 95 valence electrons. The van der Waals surface area contributed by atoms with E-state index in [0.717, 1.165) is 7.11 Å². The van der Waals surface area contributed by atoms with Gasteiger partial charge in [-0.25, -0.2) is 0 Å². The third-order valence-corrected chi connectivity index (χ3v) is 2.36. The second-order valence-corrected chi connectivity index (χ2v) is 3.45. The van der Waals surface area contributed by atoms with Crippen LogP contribution in [0.3, 0.4) is 0 Å². The number of rotatable bonds is 4. The maximum Gasteiger partial charge on any atom is 0.106 e. The van der Waals surface area contributed by atoms with Crippen molar-refractivity contribution in [2.75, 3.05) is 13.7 Å². The topological polar surface area (TPSA) is 80.9 Å². The first-order valence-electron chi connectivity index (χ1n) is 4.83. The Hall–Kier alpha value is 0.454. The number of hydrogen-bond donors (Lipinski definition) is 4. The van der Waals surface area contributed by atoms with E-state index in [-0.39, 0.29) is 45.7 Å². The van der Waals surface area contributed by atoms with Crippen molar-refractivity contribution in [2.24, 2.45) is 0 Å². The third-order valence-electron chi connectivity index (χ3n) is 2.01. The maximum absolute atomic E-state index is 9.66. The predicted molar refractivity (Wildman–Crippen MR) is 62.3 cm³/mol. The Kier molecular flexibility index (Phi) is 13.4. The minimum Gasteiger partial charge on any atom is -0.400 e. The Morgan fingerprint density at radius 1 is 1.18 bits per heavy atom. The van der Waals surface area contributed by atoms with E-state index in [1.165, 1.54) is 0 Å². The fourth-order valence-electron chi connectivity index (χ4n) is 1.21.